The van der Waals surface area contributed by atoms with Crippen molar-refractivity contribution in [1.82, 2.24) is 15.1 Å². The number of hydrogen-bond acceptors (Lipinski definition) is 3. The van der Waals surface area contributed by atoms with Gasteiger partial charge in [-0.1, -0.05) is 30.3 Å². The van der Waals surface area contributed by atoms with E-state index in [1.54, 1.807) is 30.5 Å². The van der Waals surface area contributed by atoms with Crippen LogP contribution in [0.5, 0.6) is 0 Å². The average molecular weight is 409 g/mol. The zero-order valence-electron chi connectivity index (χ0n) is 16.3. The minimum Gasteiger partial charge on any atom is -0.349 e. The predicted octanol–water partition coefficient (Wildman–Crippen LogP) is 4.31. The molecule has 1 atom stereocenters. The molecule has 1 aliphatic carbocycles. The second-order valence-corrected chi connectivity index (χ2v) is 7.36. The van der Waals surface area contributed by atoms with E-state index in [4.69, 9.17) is 0 Å². The summed E-state index contributed by atoms with van der Waals surface area (Å²) < 4.78 is 28.9. The Morgan fingerprint density at radius 2 is 1.90 bits per heavy atom. The molecule has 1 heterocycles. The van der Waals surface area contributed by atoms with Gasteiger partial charge in [0.2, 0.25) is 5.91 Å². The third-order valence-corrected chi connectivity index (χ3v) is 5.33. The normalized spacial score (nSPS) is 15.5. The molecule has 1 aromatic heterocycles. The fourth-order valence-corrected chi connectivity index (χ4v) is 3.83. The van der Waals surface area contributed by atoms with E-state index in [2.05, 4.69) is 10.4 Å². The Bertz CT molecular complexity index is 1080. The summed E-state index contributed by atoms with van der Waals surface area (Å²) in [5.74, 6) is -1.62. The molecule has 0 unspecified atom stereocenters. The Hall–Kier alpha value is -3.35. The van der Waals surface area contributed by atoms with Gasteiger partial charge in [0, 0.05) is 35.7 Å². The first-order chi connectivity index (χ1) is 14.5. The zero-order valence-corrected chi connectivity index (χ0v) is 16.3. The first-order valence-corrected chi connectivity index (χ1v) is 9.93. The lowest BCUT2D eigenvalue weighted by Gasteiger charge is -2.24. The number of ketones is 1. The summed E-state index contributed by atoms with van der Waals surface area (Å²) in [5, 5.41) is 7.25. The molecule has 1 N–H and O–H groups in total. The molecule has 7 heteroatoms. The quantitative estimate of drug-likeness (QED) is 0.617. The van der Waals surface area contributed by atoms with Gasteiger partial charge in [-0.05, 0) is 31.4 Å². The molecule has 30 heavy (non-hydrogen) atoms. The number of amides is 1. The summed E-state index contributed by atoms with van der Waals surface area (Å²) in [5.41, 5.74) is 2.40. The molecule has 2 aromatic carbocycles. The van der Waals surface area contributed by atoms with Gasteiger partial charge in [0.1, 0.15) is 11.5 Å². The van der Waals surface area contributed by atoms with Gasteiger partial charge in [-0.15, -0.1) is 0 Å². The molecule has 1 aliphatic rings. The first-order valence-electron chi connectivity index (χ1n) is 9.93. The highest BCUT2D eigenvalue weighted by Gasteiger charge is 2.27. The molecule has 3 aromatic rings. The first kappa shape index (κ1) is 19.9. The van der Waals surface area contributed by atoms with Gasteiger partial charge in [0.15, 0.2) is 11.6 Å². The number of fused-ring (bicyclic) bond motifs is 1. The maximum atomic E-state index is 14.2. The van der Waals surface area contributed by atoms with Crippen LogP contribution < -0.4 is 5.32 Å². The van der Waals surface area contributed by atoms with Crippen molar-refractivity contribution < 1.29 is 18.4 Å². The fraction of sp³-hybridized carbons (Fsp3) is 0.261. The number of benzene rings is 2. The number of aromatic nitrogens is 2. The summed E-state index contributed by atoms with van der Waals surface area (Å²) >= 11 is 0. The molecular weight excluding hydrogens is 388 g/mol. The van der Waals surface area contributed by atoms with Crippen LogP contribution in [0.25, 0.3) is 5.69 Å². The molecule has 4 rings (SSSR count). The van der Waals surface area contributed by atoms with E-state index < -0.39 is 11.6 Å². The van der Waals surface area contributed by atoms with Gasteiger partial charge < -0.3 is 5.32 Å². The zero-order chi connectivity index (χ0) is 21.1. The molecule has 0 spiro atoms. The van der Waals surface area contributed by atoms with Crippen molar-refractivity contribution in [3.05, 3.63) is 83.2 Å². The van der Waals surface area contributed by atoms with Crippen molar-refractivity contribution in [3.8, 4) is 5.69 Å². The SMILES string of the molecule is O=C(CCC(=O)c1ccccc1)N[C@@H]1CCCc2c1cnn2-c1ccc(F)cc1F. The molecule has 154 valence electrons. The van der Waals surface area contributed by atoms with Gasteiger partial charge in [-0.3, -0.25) is 9.59 Å². The minimum absolute atomic E-state index is 0.0744. The Kier molecular flexibility index (Phi) is 5.70. The number of carbonyl (C=O) groups excluding carboxylic acids is 2. The van der Waals surface area contributed by atoms with E-state index in [-0.39, 0.29) is 36.3 Å². The van der Waals surface area contributed by atoms with E-state index in [1.165, 1.54) is 16.8 Å². The molecule has 0 bridgehead atoms. The van der Waals surface area contributed by atoms with Gasteiger partial charge >= 0.3 is 0 Å². The number of nitrogens with zero attached hydrogens (tertiary/aromatic N) is 2. The van der Waals surface area contributed by atoms with Gasteiger partial charge in [-0.25, -0.2) is 13.5 Å². The maximum absolute atomic E-state index is 14.2. The minimum atomic E-state index is -0.688. The highest BCUT2D eigenvalue weighted by atomic mass is 19.1. The molecule has 0 aliphatic heterocycles. The summed E-state index contributed by atoms with van der Waals surface area (Å²) in [6.45, 7) is 0. The highest BCUT2D eigenvalue weighted by molar-refractivity contribution is 5.97. The van der Waals surface area contributed by atoms with Crippen molar-refractivity contribution in [2.45, 2.75) is 38.1 Å². The van der Waals surface area contributed by atoms with Crippen molar-refractivity contribution in [2.24, 2.45) is 0 Å². The lowest BCUT2D eigenvalue weighted by molar-refractivity contribution is -0.121. The van der Waals surface area contributed by atoms with Crippen molar-refractivity contribution in [2.75, 3.05) is 0 Å². The summed E-state index contributed by atoms with van der Waals surface area (Å²) in [6.07, 6.45) is 4.08. The summed E-state index contributed by atoms with van der Waals surface area (Å²) in [4.78, 5) is 24.6. The molecule has 0 saturated heterocycles. The van der Waals surface area contributed by atoms with Gasteiger partial charge in [0.05, 0.1) is 12.2 Å². The Morgan fingerprint density at radius 3 is 2.67 bits per heavy atom. The van der Waals surface area contributed by atoms with E-state index in [1.807, 2.05) is 6.07 Å². The van der Waals surface area contributed by atoms with Crippen molar-refractivity contribution in [1.29, 1.82) is 0 Å². The molecule has 0 fully saturated rings. The Morgan fingerprint density at radius 1 is 1.10 bits per heavy atom. The van der Waals surface area contributed by atoms with Crippen LogP contribution in [0.2, 0.25) is 0 Å². The molecular formula is C23H21F2N3O2. The molecule has 0 radical (unpaired) electrons. The Labute approximate surface area is 172 Å². The monoisotopic (exact) mass is 409 g/mol. The van der Waals surface area contributed by atoms with Crippen LogP contribution in [0.15, 0.2) is 54.7 Å². The largest absolute Gasteiger partial charge is 0.349 e. The number of carbonyl (C=O) groups is 2. The average Bonchev–Trinajstić information content (AvgIpc) is 3.17. The lowest BCUT2D eigenvalue weighted by Crippen LogP contribution is -2.31. The predicted molar refractivity (Wildman–Crippen MR) is 107 cm³/mol. The van der Waals surface area contributed by atoms with Gasteiger partial charge in [0.25, 0.3) is 0 Å². The van der Waals surface area contributed by atoms with E-state index in [0.717, 1.165) is 30.2 Å². The van der Waals surface area contributed by atoms with Crippen LogP contribution in [0.1, 0.15) is 53.3 Å². The topological polar surface area (TPSA) is 64.0 Å². The second kappa shape index (κ2) is 8.57. The van der Waals surface area contributed by atoms with E-state index in [0.29, 0.717) is 12.0 Å². The smallest absolute Gasteiger partial charge is 0.220 e. The summed E-state index contributed by atoms with van der Waals surface area (Å²) in [6, 6.07) is 12.0. The number of nitrogens with one attached hydrogen (secondary N) is 1. The molecule has 0 saturated carbocycles. The fourth-order valence-electron chi connectivity index (χ4n) is 3.83. The third kappa shape index (κ3) is 4.15. The Balaban J connectivity index is 1.44. The van der Waals surface area contributed by atoms with Crippen LogP contribution in [0, 0.1) is 11.6 Å². The van der Waals surface area contributed by atoms with Crippen LogP contribution in [0.3, 0.4) is 0 Å². The standard InChI is InChI=1S/C23H21F2N3O2/c24-16-9-10-21(18(25)13-16)28-20-8-4-7-19(17(20)14-26-28)27-23(30)12-11-22(29)15-5-2-1-3-6-15/h1-3,5-6,9-10,13-14,19H,4,7-8,11-12H2,(H,27,30)/t19-/m1/s1. The van der Waals surface area contributed by atoms with Crippen LogP contribution >= 0.6 is 0 Å². The summed E-state index contributed by atoms with van der Waals surface area (Å²) in [7, 11) is 0. The lowest BCUT2D eigenvalue weighted by atomic mass is 9.92. The van der Waals surface area contributed by atoms with Crippen LogP contribution in [-0.2, 0) is 11.2 Å². The maximum Gasteiger partial charge on any atom is 0.220 e. The van der Waals surface area contributed by atoms with E-state index in [9.17, 15) is 18.4 Å². The van der Waals surface area contributed by atoms with Gasteiger partial charge in [-0.2, -0.15) is 5.10 Å². The second-order valence-electron chi connectivity index (χ2n) is 7.36. The third-order valence-electron chi connectivity index (χ3n) is 5.33. The van der Waals surface area contributed by atoms with E-state index >= 15 is 0 Å². The number of hydrogen-bond donors (Lipinski definition) is 1. The van der Waals surface area contributed by atoms with Crippen molar-refractivity contribution in [3.63, 3.8) is 0 Å². The molecule has 5 nitrogen and oxygen atoms in total. The van der Waals surface area contributed by atoms with Crippen molar-refractivity contribution >= 4 is 11.7 Å². The molecule has 1 amide bonds. The number of halogens is 2. The number of rotatable bonds is 6. The number of Topliss-reactive ketones (excluding diaryl/α,β-unsaturated/α-hetero) is 1. The highest BCUT2D eigenvalue weighted by Crippen LogP contribution is 2.31. The van der Waals surface area contributed by atoms with Crippen LogP contribution in [0.4, 0.5) is 8.78 Å². The van der Waals surface area contributed by atoms with Crippen LogP contribution in [-0.4, -0.2) is 21.5 Å².